The van der Waals surface area contributed by atoms with Gasteiger partial charge in [-0.2, -0.15) is 0 Å². The molecular formula is C10H12N4O. The maximum absolute atomic E-state index is 11.0. The van der Waals surface area contributed by atoms with Crippen LogP contribution in [0.25, 0.3) is 10.4 Å². The first-order valence-corrected chi connectivity index (χ1v) is 4.58. The molecule has 0 aliphatic heterocycles. The number of rotatable bonds is 5. The fourth-order valence-corrected chi connectivity index (χ4v) is 1.29. The Bertz CT molecular complexity index is 370. The van der Waals surface area contributed by atoms with Crippen LogP contribution in [0.15, 0.2) is 35.4 Å². The maximum Gasteiger partial charge on any atom is 0.220 e. The van der Waals surface area contributed by atoms with Crippen molar-refractivity contribution in [3.8, 4) is 0 Å². The van der Waals surface area contributed by atoms with Crippen LogP contribution < -0.4 is 5.73 Å². The molecule has 0 radical (unpaired) electrons. The summed E-state index contributed by atoms with van der Waals surface area (Å²) in [7, 11) is 0. The summed E-state index contributed by atoms with van der Waals surface area (Å²) in [5.41, 5.74) is 14.4. The van der Waals surface area contributed by atoms with E-state index in [1.165, 1.54) is 0 Å². The first-order chi connectivity index (χ1) is 7.24. The van der Waals surface area contributed by atoms with Crippen LogP contribution in [-0.4, -0.2) is 12.5 Å². The van der Waals surface area contributed by atoms with Crippen LogP contribution in [-0.2, 0) is 11.2 Å². The molecule has 0 aliphatic rings. The van der Waals surface area contributed by atoms with Crippen molar-refractivity contribution in [1.82, 2.24) is 0 Å². The molecule has 1 rings (SSSR count). The number of nitrogens with zero attached hydrogens (tertiary/aromatic N) is 3. The summed E-state index contributed by atoms with van der Waals surface area (Å²) in [6.45, 7) is 0.112. The monoisotopic (exact) mass is 204 g/mol. The number of amides is 1. The van der Waals surface area contributed by atoms with Crippen LogP contribution in [0.2, 0.25) is 0 Å². The molecule has 1 aromatic rings. The molecule has 15 heavy (non-hydrogen) atoms. The van der Waals surface area contributed by atoms with Gasteiger partial charge in [0.05, 0.1) is 0 Å². The molecule has 0 aromatic heterocycles. The van der Waals surface area contributed by atoms with Gasteiger partial charge in [-0.3, -0.25) is 4.79 Å². The lowest BCUT2D eigenvalue weighted by Gasteiger charge is -2.09. The predicted octanol–water partition coefficient (Wildman–Crippen LogP) is 1.64. The van der Waals surface area contributed by atoms with Crippen LogP contribution in [0, 0.1) is 5.92 Å². The van der Waals surface area contributed by atoms with E-state index in [9.17, 15) is 4.79 Å². The molecule has 0 saturated heterocycles. The van der Waals surface area contributed by atoms with Crippen molar-refractivity contribution in [3.63, 3.8) is 0 Å². The molecule has 2 N–H and O–H groups in total. The van der Waals surface area contributed by atoms with Gasteiger partial charge in [-0.25, -0.2) is 0 Å². The molecule has 0 bridgehead atoms. The van der Waals surface area contributed by atoms with Crippen LogP contribution >= 0.6 is 0 Å². The van der Waals surface area contributed by atoms with Crippen molar-refractivity contribution in [2.45, 2.75) is 6.42 Å². The van der Waals surface area contributed by atoms with Gasteiger partial charge in [-0.05, 0) is 17.5 Å². The van der Waals surface area contributed by atoms with Gasteiger partial charge >= 0.3 is 0 Å². The lowest BCUT2D eigenvalue weighted by molar-refractivity contribution is -0.121. The minimum absolute atomic E-state index is 0.112. The van der Waals surface area contributed by atoms with Crippen molar-refractivity contribution >= 4 is 5.91 Å². The number of hydrogen-bond donors (Lipinski definition) is 1. The topological polar surface area (TPSA) is 91.8 Å². The van der Waals surface area contributed by atoms with E-state index >= 15 is 0 Å². The van der Waals surface area contributed by atoms with Crippen LogP contribution in [0.1, 0.15) is 5.56 Å². The van der Waals surface area contributed by atoms with Gasteiger partial charge in [-0.15, -0.1) is 0 Å². The highest BCUT2D eigenvalue weighted by Crippen LogP contribution is 2.08. The Labute approximate surface area is 87.5 Å². The zero-order valence-corrected chi connectivity index (χ0v) is 8.21. The highest BCUT2D eigenvalue weighted by atomic mass is 16.1. The maximum atomic E-state index is 11.0. The summed E-state index contributed by atoms with van der Waals surface area (Å²) in [5.74, 6) is -0.866. The van der Waals surface area contributed by atoms with Gasteiger partial charge in [0.25, 0.3) is 0 Å². The average Bonchev–Trinajstić information content (AvgIpc) is 2.25. The summed E-state index contributed by atoms with van der Waals surface area (Å²) >= 11 is 0. The third-order valence-electron chi connectivity index (χ3n) is 2.09. The normalized spacial score (nSPS) is 11.5. The van der Waals surface area contributed by atoms with E-state index in [4.69, 9.17) is 11.3 Å². The molecule has 78 valence electrons. The number of carbonyl (C=O) groups excluding carboxylic acids is 1. The van der Waals surface area contributed by atoms with E-state index in [0.29, 0.717) is 6.42 Å². The summed E-state index contributed by atoms with van der Waals surface area (Å²) in [6.07, 6.45) is 0.509. The molecule has 0 fully saturated rings. The molecule has 1 amide bonds. The van der Waals surface area contributed by atoms with Crippen LogP contribution in [0.3, 0.4) is 0 Å². The number of hydrogen-bond acceptors (Lipinski definition) is 2. The molecule has 0 saturated carbocycles. The molecule has 0 heterocycles. The minimum atomic E-state index is -0.439. The van der Waals surface area contributed by atoms with Gasteiger partial charge in [0.2, 0.25) is 5.91 Å². The fourth-order valence-electron chi connectivity index (χ4n) is 1.29. The number of carbonyl (C=O) groups is 1. The van der Waals surface area contributed by atoms with Crippen molar-refractivity contribution in [2.24, 2.45) is 16.8 Å². The van der Waals surface area contributed by atoms with E-state index in [1.807, 2.05) is 30.3 Å². The van der Waals surface area contributed by atoms with Crippen molar-refractivity contribution in [3.05, 3.63) is 46.3 Å². The number of azide groups is 1. The standard InChI is InChI=1S/C10H12N4O/c11-10(15)9(7-13-14-12)6-8-4-2-1-3-5-8/h1-5,9H,6-7H2,(H2,11,15)/t9-/m0/s1. The molecular weight excluding hydrogens is 192 g/mol. The number of nitrogens with two attached hydrogens (primary N) is 1. The molecule has 1 atom stereocenters. The molecule has 0 unspecified atom stereocenters. The Morgan fingerprint density at radius 2 is 2.13 bits per heavy atom. The zero-order chi connectivity index (χ0) is 11.1. The number of benzene rings is 1. The van der Waals surface area contributed by atoms with Gasteiger partial charge < -0.3 is 5.73 Å². The predicted molar refractivity (Wildman–Crippen MR) is 56.8 cm³/mol. The lowest BCUT2D eigenvalue weighted by atomic mass is 9.99. The SMILES string of the molecule is [N-]=[N+]=NC[C@H](Cc1ccccc1)C(N)=O. The smallest absolute Gasteiger partial charge is 0.220 e. The molecule has 5 nitrogen and oxygen atoms in total. The van der Waals surface area contributed by atoms with E-state index in [0.717, 1.165) is 5.56 Å². The number of primary amides is 1. The van der Waals surface area contributed by atoms with Crippen LogP contribution in [0.4, 0.5) is 0 Å². The second-order valence-corrected chi connectivity index (χ2v) is 3.20. The average molecular weight is 204 g/mol. The van der Waals surface area contributed by atoms with Crippen molar-refractivity contribution < 1.29 is 4.79 Å². The second-order valence-electron chi connectivity index (χ2n) is 3.20. The van der Waals surface area contributed by atoms with Gasteiger partial charge in [0, 0.05) is 17.4 Å². The van der Waals surface area contributed by atoms with Gasteiger partial charge in [0.15, 0.2) is 0 Å². The first kappa shape index (κ1) is 11.1. The highest BCUT2D eigenvalue weighted by molar-refractivity contribution is 5.77. The molecule has 1 aromatic carbocycles. The summed E-state index contributed by atoms with van der Waals surface area (Å²) in [4.78, 5) is 13.7. The third-order valence-corrected chi connectivity index (χ3v) is 2.09. The Morgan fingerprint density at radius 3 is 2.67 bits per heavy atom. The lowest BCUT2D eigenvalue weighted by Crippen LogP contribution is -2.27. The van der Waals surface area contributed by atoms with E-state index in [1.54, 1.807) is 0 Å². The molecule has 5 heteroatoms. The molecule has 0 aliphatic carbocycles. The highest BCUT2D eigenvalue weighted by Gasteiger charge is 2.14. The Hall–Kier alpha value is -2.00. The van der Waals surface area contributed by atoms with Crippen LogP contribution in [0.5, 0.6) is 0 Å². The van der Waals surface area contributed by atoms with E-state index in [2.05, 4.69) is 10.0 Å². The van der Waals surface area contributed by atoms with Gasteiger partial charge in [-0.1, -0.05) is 35.4 Å². The largest absolute Gasteiger partial charge is 0.369 e. The summed E-state index contributed by atoms with van der Waals surface area (Å²) < 4.78 is 0. The molecule has 0 spiro atoms. The van der Waals surface area contributed by atoms with Crippen molar-refractivity contribution in [2.75, 3.05) is 6.54 Å². The van der Waals surface area contributed by atoms with Gasteiger partial charge in [0.1, 0.15) is 0 Å². The summed E-state index contributed by atoms with van der Waals surface area (Å²) in [6, 6.07) is 9.50. The fraction of sp³-hybridized carbons (Fsp3) is 0.300. The van der Waals surface area contributed by atoms with E-state index in [-0.39, 0.29) is 6.54 Å². The quantitative estimate of drug-likeness (QED) is 0.440. The second kappa shape index (κ2) is 5.67. The Balaban J connectivity index is 2.67. The zero-order valence-electron chi connectivity index (χ0n) is 8.21. The summed E-state index contributed by atoms with van der Waals surface area (Å²) in [5, 5.41) is 3.37. The minimum Gasteiger partial charge on any atom is -0.369 e. The Morgan fingerprint density at radius 1 is 1.47 bits per heavy atom. The van der Waals surface area contributed by atoms with E-state index < -0.39 is 11.8 Å². The first-order valence-electron chi connectivity index (χ1n) is 4.58. The van der Waals surface area contributed by atoms with Crippen molar-refractivity contribution in [1.29, 1.82) is 0 Å². The Kier molecular flexibility index (Phi) is 4.19. The third kappa shape index (κ3) is 3.70.